The van der Waals surface area contributed by atoms with Gasteiger partial charge in [0.15, 0.2) is 0 Å². The molecule has 1 saturated heterocycles. The van der Waals surface area contributed by atoms with Crippen molar-refractivity contribution in [3.63, 3.8) is 0 Å². The molecule has 0 atom stereocenters. The van der Waals surface area contributed by atoms with Gasteiger partial charge in [0.2, 0.25) is 10.0 Å². The highest BCUT2D eigenvalue weighted by molar-refractivity contribution is 7.88. The van der Waals surface area contributed by atoms with Crippen molar-refractivity contribution in [2.45, 2.75) is 6.10 Å². The van der Waals surface area contributed by atoms with Crippen LogP contribution in [0.3, 0.4) is 0 Å². The first kappa shape index (κ1) is 10.9. The third-order valence-electron chi connectivity index (χ3n) is 2.07. The normalized spacial score (nSPS) is 19.0. The van der Waals surface area contributed by atoms with Crippen LogP contribution in [0, 0.1) is 0 Å². The fourth-order valence-corrected chi connectivity index (χ4v) is 1.30. The first-order chi connectivity index (χ1) is 6.00. The van der Waals surface area contributed by atoms with Gasteiger partial charge in [0.25, 0.3) is 0 Å². The van der Waals surface area contributed by atoms with Crippen molar-refractivity contribution in [1.82, 2.24) is 9.62 Å². The van der Waals surface area contributed by atoms with Crippen molar-refractivity contribution in [1.29, 1.82) is 0 Å². The molecule has 0 aliphatic carbocycles. The molecular weight excluding hydrogens is 192 g/mol. The third kappa shape index (κ3) is 3.60. The summed E-state index contributed by atoms with van der Waals surface area (Å²) in [5.74, 6) is 0. The van der Waals surface area contributed by atoms with E-state index in [1.165, 1.54) is 10.6 Å². The van der Waals surface area contributed by atoms with Crippen molar-refractivity contribution in [2.75, 3.05) is 39.5 Å². The molecule has 6 heteroatoms. The highest BCUT2D eigenvalue weighted by atomic mass is 32.2. The van der Waals surface area contributed by atoms with Gasteiger partial charge < -0.3 is 10.1 Å². The highest BCUT2D eigenvalue weighted by Crippen LogP contribution is 1.99. The Balaban J connectivity index is 2.11. The van der Waals surface area contributed by atoms with E-state index in [2.05, 4.69) is 5.32 Å². The van der Waals surface area contributed by atoms with E-state index < -0.39 is 10.0 Å². The molecule has 13 heavy (non-hydrogen) atoms. The molecule has 78 valence electrons. The van der Waals surface area contributed by atoms with Gasteiger partial charge in [-0.15, -0.1) is 0 Å². The quantitative estimate of drug-likeness (QED) is 0.621. The average Bonchev–Trinajstić information content (AvgIpc) is 1.91. The van der Waals surface area contributed by atoms with Gasteiger partial charge in [0.05, 0.1) is 19.0 Å². The fourth-order valence-electron chi connectivity index (χ4n) is 0.894. The number of nitrogens with one attached hydrogen (secondary N) is 1. The van der Waals surface area contributed by atoms with Crippen LogP contribution in [0.25, 0.3) is 0 Å². The van der Waals surface area contributed by atoms with Gasteiger partial charge in [-0.05, 0) is 0 Å². The first-order valence-electron chi connectivity index (χ1n) is 4.24. The second-order valence-electron chi connectivity index (χ2n) is 3.24. The Morgan fingerprint density at radius 3 is 2.54 bits per heavy atom. The Hall–Kier alpha value is -0.170. The minimum Gasteiger partial charge on any atom is -0.374 e. The second kappa shape index (κ2) is 4.36. The van der Waals surface area contributed by atoms with Gasteiger partial charge in [0.1, 0.15) is 0 Å². The molecule has 1 N–H and O–H groups in total. The van der Waals surface area contributed by atoms with E-state index in [-0.39, 0.29) is 6.10 Å². The van der Waals surface area contributed by atoms with Crippen molar-refractivity contribution in [3.8, 4) is 0 Å². The van der Waals surface area contributed by atoms with Crippen LogP contribution in [0.1, 0.15) is 0 Å². The summed E-state index contributed by atoms with van der Waals surface area (Å²) in [5, 5.41) is 3.07. The molecule has 0 aromatic heterocycles. The van der Waals surface area contributed by atoms with E-state index in [0.29, 0.717) is 13.2 Å². The number of nitrogens with zero attached hydrogens (tertiary/aromatic N) is 1. The predicted octanol–water partition coefficient (Wildman–Crippen LogP) is -1.13. The topological polar surface area (TPSA) is 58.6 Å². The van der Waals surface area contributed by atoms with E-state index in [9.17, 15) is 8.42 Å². The molecule has 1 aliphatic heterocycles. The largest absolute Gasteiger partial charge is 0.374 e. The molecule has 1 heterocycles. The molecule has 0 aromatic rings. The number of ether oxygens (including phenoxy) is 1. The summed E-state index contributed by atoms with van der Waals surface area (Å²) in [7, 11) is -1.50. The highest BCUT2D eigenvalue weighted by Gasteiger charge is 2.17. The Bertz CT molecular complexity index is 248. The average molecular weight is 208 g/mol. The standard InChI is InChI=1S/C7H16N2O3S/c1-9(13(2,10)11)3-4-12-7-5-8-6-7/h7-8H,3-6H2,1-2H3. The first-order valence-corrected chi connectivity index (χ1v) is 6.08. The zero-order chi connectivity index (χ0) is 9.90. The SMILES string of the molecule is CN(CCOC1CNC1)S(C)(=O)=O. The Kier molecular flexibility index (Phi) is 3.66. The monoisotopic (exact) mass is 208 g/mol. The molecule has 0 radical (unpaired) electrons. The fraction of sp³-hybridized carbons (Fsp3) is 1.00. The van der Waals surface area contributed by atoms with Crippen LogP contribution >= 0.6 is 0 Å². The van der Waals surface area contributed by atoms with Gasteiger partial charge in [-0.3, -0.25) is 0 Å². The molecule has 0 unspecified atom stereocenters. The zero-order valence-corrected chi connectivity index (χ0v) is 8.80. The molecule has 1 rings (SSSR count). The van der Waals surface area contributed by atoms with Gasteiger partial charge in [-0.2, -0.15) is 0 Å². The molecule has 0 aromatic carbocycles. The summed E-state index contributed by atoms with van der Waals surface area (Å²) in [4.78, 5) is 0. The number of hydrogen-bond acceptors (Lipinski definition) is 4. The van der Waals surface area contributed by atoms with Gasteiger partial charge in [0, 0.05) is 26.7 Å². The van der Waals surface area contributed by atoms with Gasteiger partial charge in [-0.25, -0.2) is 12.7 Å². The van der Waals surface area contributed by atoms with Crippen LogP contribution in [0.2, 0.25) is 0 Å². The van der Waals surface area contributed by atoms with E-state index in [1.807, 2.05) is 0 Å². The smallest absolute Gasteiger partial charge is 0.211 e. The predicted molar refractivity (Wildman–Crippen MR) is 50.1 cm³/mol. The molecule has 5 nitrogen and oxygen atoms in total. The minimum atomic E-state index is -3.05. The number of likely N-dealkylation sites (N-methyl/N-ethyl adjacent to an activating group) is 1. The van der Waals surface area contributed by atoms with Crippen LogP contribution in [-0.2, 0) is 14.8 Å². The number of sulfonamides is 1. The lowest BCUT2D eigenvalue weighted by Gasteiger charge is -2.27. The lowest BCUT2D eigenvalue weighted by molar-refractivity contribution is 0.0162. The van der Waals surface area contributed by atoms with E-state index in [4.69, 9.17) is 4.74 Å². The van der Waals surface area contributed by atoms with Crippen LogP contribution < -0.4 is 5.32 Å². The number of hydrogen-bond donors (Lipinski definition) is 1. The molecule has 0 amide bonds. The molecular formula is C7H16N2O3S. The summed E-state index contributed by atoms with van der Waals surface area (Å²) >= 11 is 0. The van der Waals surface area contributed by atoms with Gasteiger partial charge >= 0.3 is 0 Å². The molecule has 0 spiro atoms. The summed E-state index contributed by atoms with van der Waals surface area (Å²) in [6.45, 7) is 2.65. The summed E-state index contributed by atoms with van der Waals surface area (Å²) < 4.78 is 28.6. The van der Waals surface area contributed by atoms with Crippen molar-refractivity contribution in [2.24, 2.45) is 0 Å². The second-order valence-corrected chi connectivity index (χ2v) is 5.32. The van der Waals surface area contributed by atoms with Crippen LogP contribution in [-0.4, -0.2) is 58.4 Å². The van der Waals surface area contributed by atoms with Crippen LogP contribution in [0.4, 0.5) is 0 Å². The van der Waals surface area contributed by atoms with Gasteiger partial charge in [-0.1, -0.05) is 0 Å². The molecule has 1 fully saturated rings. The van der Waals surface area contributed by atoms with Crippen molar-refractivity contribution in [3.05, 3.63) is 0 Å². The molecule has 1 aliphatic rings. The number of rotatable bonds is 5. The lowest BCUT2D eigenvalue weighted by atomic mass is 10.2. The Morgan fingerprint density at radius 1 is 1.54 bits per heavy atom. The summed E-state index contributed by atoms with van der Waals surface area (Å²) in [6, 6.07) is 0. The molecule has 0 saturated carbocycles. The lowest BCUT2D eigenvalue weighted by Crippen LogP contribution is -2.49. The minimum absolute atomic E-state index is 0.271. The van der Waals surface area contributed by atoms with E-state index >= 15 is 0 Å². The Morgan fingerprint density at radius 2 is 2.15 bits per heavy atom. The zero-order valence-electron chi connectivity index (χ0n) is 7.99. The summed E-state index contributed by atoms with van der Waals surface area (Å²) in [5.41, 5.74) is 0. The third-order valence-corrected chi connectivity index (χ3v) is 3.38. The maximum absolute atomic E-state index is 10.9. The van der Waals surface area contributed by atoms with E-state index in [1.54, 1.807) is 7.05 Å². The Labute approximate surface area is 79.1 Å². The molecule has 0 bridgehead atoms. The van der Waals surface area contributed by atoms with Crippen molar-refractivity contribution >= 4 is 10.0 Å². The van der Waals surface area contributed by atoms with E-state index in [0.717, 1.165) is 13.1 Å². The maximum Gasteiger partial charge on any atom is 0.211 e. The van der Waals surface area contributed by atoms with Crippen LogP contribution in [0.15, 0.2) is 0 Å². The maximum atomic E-state index is 10.9. The van der Waals surface area contributed by atoms with Crippen LogP contribution in [0.5, 0.6) is 0 Å². The van der Waals surface area contributed by atoms with Crippen molar-refractivity contribution < 1.29 is 13.2 Å². The summed E-state index contributed by atoms with van der Waals surface area (Å²) in [6.07, 6.45) is 1.46.